The van der Waals surface area contributed by atoms with Crippen molar-refractivity contribution in [3.05, 3.63) is 24.3 Å². The van der Waals surface area contributed by atoms with Crippen molar-refractivity contribution in [1.82, 2.24) is 5.32 Å². The van der Waals surface area contributed by atoms with Crippen LogP contribution in [0, 0.1) is 0 Å². The van der Waals surface area contributed by atoms with E-state index >= 15 is 0 Å². The van der Waals surface area contributed by atoms with Crippen LogP contribution in [0.15, 0.2) is 24.3 Å². The number of amides is 1. The molecule has 1 fully saturated rings. The van der Waals surface area contributed by atoms with Gasteiger partial charge in [-0.2, -0.15) is 0 Å². The first-order valence-electron chi connectivity index (χ1n) is 35.6. The lowest BCUT2D eigenvalue weighted by atomic mass is 9.99. The molecule has 0 radical (unpaired) electrons. The van der Waals surface area contributed by atoms with Crippen molar-refractivity contribution in [1.29, 1.82) is 0 Å². The molecule has 0 aromatic carbocycles. The average molecular weight is 1130 g/mol. The first-order valence-corrected chi connectivity index (χ1v) is 35.6. The van der Waals surface area contributed by atoms with Gasteiger partial charge in [0.1, 0.15) is 24.4 Å². The van der Waals surface area contributed by atoms with Gasteiger partial charge in [0, 0.05) is 6.42 Å². The molecule has 6 N–H and O–H groups in total. The maximum atomic E-state index is 13.1. The summed E-state index contributed by atoms with van der Waals surface area (Å²) in [6.07, 6.45) is 73.0. The van der Waals surface area contributed by atoms with Crippen molar-refractivity contribution in [3.8, 4) is 0 Å². The predicted octanol–water partition coefficient (Wildman–Crippen LogP) is 19.3. The van der Waals surface area contributed by atoms with E-state index in [1.165, 1.54) is 308 Å². The summed E-state index contributed by atoms with van der Waals surface area (Å²) in [6.45, 7) is 3.83. The number of nitrogens with one attached hydrogen (secondary N) is 1. The number of carbonyl (C=O) groups excluding carboxylic acids is 1. The summed E-state index contributed by atoms with van der Waals surface area (Å²) in [5.41, 5.74) is 0. The molecule has 7 unspecified atom stereocenters. The molecule has 1 aliphatic heterocycles. The molecule has 0 bridgehead atoms. The molecule has 1 saturated heterocycles. The number of unbranched alkanes of at least 4 members (excludes halogenated alkanes) is 51. The second kappa shape index (κ2) is 60.8. The Bertz CT molecular complexity index is 1310. The molecule has 1 amide bonds. The standard InChI is InChI=1S/C71H137NO8/c1-3-5-7-9-11-13-15-17-19-21-23-25-27-29-31-32-33-35-37-39-41-43-45-47-49-51-53-55-57-59-61-67(75)72-64(63-79-71-70(78)69(77)68(76)66(62-73)80-71)65(74)60-58-56-54-52-50-48-46-44-42-40-38-36-34-30-28-26-24-22-20-18-16-14-12-10-8-6-4-2/h50,52,58,60,64-66,68-71,73-74,76-78H,3-49,51,53-57,59,61-63H2,1-2H3,(H,72,75)/b52-50+,60-58+. The van der Waals surface area contributed by atoms with Crippen LogP contribution in [0.3, 0.4) is 0 Å². The molecule has 80 heavy (non-hydrogen) atoms. The van der Waals surface area contributed by atoms with Crippen LogP contribution in [0.2, 0.25) is 0 Å². The molecule has 0 aliphatic carbocycles. The molecule has 474 valence electrons. The minimum Gasteiger partial charge on any atom is -0.394 e. The van der Waals surface area contributed by atoms with Gasteiger partial charge in [-0.25, -0.2) is 0 Å². The smallest absolute Gasteiger partial charge is 0.220 e. The topological polar surface area (TPSA) is 149 Å². The Kier molecular flexibility index (Phi) is 58.3. The van der Waals surface area contributed by atoms with Crippen LogP contribution in [0.25, 0.3) is 0 Å². The van der Waals surface area contributed by atoms with E-state index in [4.69, 9.17) is 9.47 Å². The van der Waals surface area contributed by atoms with Crippen molar-refractivity contribution < 1.29 is 39.8 Å². The van der Waals surface area contributed by atoms with Crippen LogP contribution in [0.5, 0.6) is 0 Å². The number of hydrogen-bond donors (Lipinski definition) is 6. The lowest BCUT2D eigenvalue weighted by molar-refractivity contribution is -0.302. The molecule has 0 aromatic heterocycles. The summed E-state index contributed by atoms with van der Waals surface area (Å²) in [5.74, 6) is -0.178. The predicted molar refractivity (Wildman–Crippen MR) is 341 cm³/mol. The maximum absolute atomic E-state index is 13.1. The minimum absolute atomic E-state index is 0.178. The number of allylic oxidation sites excluding steroid dienone is 3. The highest BCUT2D eigenvalue weighted by atomic mass is 16.7. The Labute approximate surface area is 496 Å². The number of aliphatic hydroxyl groups is 5. The zero-order chi connectivity index (χ0) is 57.9. The van der Waals surface area contributed by atoms with Crippen LogP contribution >= 0.6 is 0 Å². The van der Waals surface area contributed by atoms with Gasteiger partial charge in [0.15, 0.2) is 6.29 Å². The number of carbonyl (C=O) groups is 1. The van der Waals surface area contributed by atoms with E-state index in [2.05, 4.69) is 31.3 Å². The molecular formula is C71H137NO8. The highest BCUT2D eigenvalue weighted by molar-refractivity contribution is 5.76. The number of hydrogen-bond acceptors (Lipinski definition) is 8. The van der Waals surface area contributed by atoms with E-state index in [0.29, 0.717) is 6.42 Å². The van der Waals surface area contributed by atoms with Gasteiger partial charge in [-0.3, -0.25) is 4.79 Å². The second-order valence-corrected chi connectivity index (χ2v) is 25.0. The van der Waals surface area contributed by atoms with Crippen molar-refractivity contribution in [2.75, 3.05) is 13.2 Å². The summed E-state index contributed by atoms with van der Waals surface area (Å²) in [6, 6.07) is -0.820. The van der Waals surface area contributed by atoms with Crippen molar-refractivity contribution in [2.45, 2.75) is 410 Å². The first-order chi connectivity index (χ1) is 39.3. The Hall–Kier alpha value is -1.33. The normalized spacial score (nSPS) is 18.5. The number of ether oxygens (including phenoxy) is 2. The Morgan fingerprint density at radius 2 is 0.713 bits per heavy atom. The van der Waals surface area contributed by atoms with Crippen LogP contribution in [0.1, 0.15) is 367 Å². The molecule has 9 nitrogen and oxygen atoms in total. The van der Waals surface area contributed by atoms with Crippen LogP contribution < -0.4 is 5.32 Å². The molecule has 1 aliphatic rings. The lowest BCUT2D eigenvalue weighted by Gasteiger charge is -2.40. The highest BCUT2D eigenvalue weighted by Crippen LogP contribution is 2.24. The van der Waals surface area contributed by atoms with Gasteiger partial charge in [0.2, 0.25) is 5.91 Å². The summed E-state index contributed by atoms with van der Waals surface area (Å²) >= 11 is 0. The summed E-state index contributed by atoms with van der Waals surface area (Å²) < 4.78 is 11.3. The Morgan fingerprint density at radius 3 is 1.05 bits per heavy atom. The van der Waals surface area contributed by atoms with Gasteiger partial charge in [0.25, 0.3) is 0 Å². The SMILES string of the molecule is CCCCCCCCCCCCCCCCCCCCCCC/C=C/CC/C=C/C(O)C(COC1OC(CO)C(O)C(O)C1O)NC(=O)CCCCCCCCCCCCCCCCCCCCCCCCCCCCCCCC. The van der Waals surface area contributed by atoms with Gasteiger partial charge in [-0.15, -0.1) is 0 Å². The minimum atomic E-state index is -1.57. The van der Waals surface area contributed by atoms with Crippen molar-refractivity contribution in [2.24, 2.45) is 0 Å². The van der Waals surface area contributed by atoms with Gasteiger partial charge in [-0.1, -0.05) is 353 Å². The molecule has 9 heteroatoms. The van der Waals surface area contributed by atoms with Crippen LogP contribution in [-0.2, 0) is 14.3 Å². The second-order valence-electron chi connectivity index (χ2n) is 25.0. The number of aliphatic hydroxyl groups excluding tert-OH is 5. The van der Waals surface area contributed by atoms with E-state index < -0.39 is 49.5 Å². The zero-order valence-corrected chi connectivity index (χ0v) is 53.1. The largest absolute Gasteiger partial charge is 0.394 e. The fourth-order valence-corrected chi connectivity index (χ4v) is 11.7. The summed E-state index contributed by atoms with van der Waals surface area (Å²) in [5, 5.41) is 54.7. The summed E-state index contributed by atoms with van der Waals surface area (Å²) in [4.78, 5) is 13.1. The zero-order valence-electron chi connectivity index (χ0n) is 53.1. The molecule has 7 atom stereocenters. The van der Waals surface area contributed by atoms with Gasteiger partial charge >= 0.3 is 0 Å². The van der Waals surface area contributed by atoms with Crippen molar-refractivity contribution in [3.63, 3.8) is 0 Å². The van der Waals surface area contributed by atoms with Crippen LogP contribution in [0.4, 0.5) is 0 Å². The van der Waals surface area contributed by atoms with E-state index in [9.17, 15) is 30.3 Å². The van der Waals surface area contributed by atoms with E-state index in [1.807, 2.05) is 6.08 Å². The molecule has 0 saturated carbocycles. The van der Waals surface area contributed by atoms with Gasteiger partial charge in [-0.05, 0) is 32.1 Å². The summed E-state index contributed by atoms with van der Waals surface area (Å²) in [7, 11) is 0. The molecule has 0 aromatic rings. The van der Waals surface area contributed by atoms with E-state index in [1.54, 1.807) is 6.08 Å². The highest BCUT2D eigenvalue weighted by Gasteiger charge is 2.44. The monoisotopic (exact) mass is 1130 g/mol. The Morgan fingerprint density at radius 1 is 0.412 bits per heavy atom. The van der Waals surface area contributed by atoms with E-state index in [0.717, 1.165) is 38.5 Å². The first kappa shape index (κ1) is 76.7. The fourth-order valence-electron chi connectivity index (χ4n) is 11.7. The van der Waals surface area contributed by atoms with Crippen LogP contribution in [-0.4, -0.2) is 87.5 Å². The quantitative estimate of drug-likeness (QED) is 0.0261. The fraction of sp³-hybridized carbons (Fsp3) is 0.930. The molecule has 1 rings (SSSR count). The molecule has 1 heterocycles. The maximum Gasteiger partial charge on any atom is 0.220 e. The van der Waals surface area contributed by atoms with Gasteiger partial charge in [0.05, 0.1) is 25.4 Å². The Balaban J connectivity index is 2.13. The third kappa shape index (κ3) is 49.0. The molecule has 0 spiro atoms. The lowest BCUT2D eigenvalue weighted by Crippen LogP contribution is -2.60. The number of rotatable bonds is 63. The van der Waals surface area contributed by atoms with E-state index in [-0.39, 0.29) is 12.5 Å². The third-order valence-corrected chi connectivity index (χ3v) is 17.3. The third-order valence-electron chi connectivity index (χ3n) is 17.3. The average Bonchev–Trinajstić information content (AvgIpc) is 3.51. The molecular weight excluding hydrogens is 995 g/mol. The van der Waals surface area contributed by atoms with Gasteiger partial charge < -0.3 is 40.3 Å². The van der Waals surface area contributed by atoms with Crippen molar-refractivity contribution >= 4 is 5.91 Å².